The Morgan fingerprint density at radius 3 is 2.44 bits per heavy atom. The van der Waals surface area contributed by atoms with Crippen molar-refractivity contribution in [1.82, 2.24) is 24.8 Å². The van der Waals surface area contributed by atoms with Crippen molar-refractivity contribution in [3.8, 4) is 5.75 Å². The minimum Gasteiger partial charge on any atom is -0.492 e. The van der Waals surface area contributed by atoms with Crippen LogP contribution in [0.3, 0.4) is 0 Å². The summed E-state index contributed by atoms with van der Waals surface area (Å²) in [5.74, 6) is 7.86. The quantitative estimate of drug-likeness (QED) is 0.180. The number of hydrazine groups is 1. The number of nitrogens with two attached hydrogens (primary N) is 1. The summed E-state index contributed by atoms with van der Waals surface area (Å²) in [6.07, 6.45) is 7.19. The summed E-state index contributed by atoms with van der Waals surface area (Å²) in [6, 6.07) is 14.8. The highest BCUT2D eigenvalue weighted by Gasteiger charge is 2.40. The fourth-order valence-electron chi connectivity index (χ4n) is 6.49. The molecule has 11 nitrogen and oxygen atoms in total. The van der Waals surface area contributed by atoms with E-state index < -0.39 is 0 Å². The smallest absolute Gasteiger partial charge is 0.314 e. The Bertz CT molecular complexity index is 1640. The topological polar surface area (TPSA) is 123 Å². The largest absolute Gasteiger partial charge is 0.492 e. The first-order valence-electron chi connectivity index (χ1n) is 14.9. The Balaban J connectivity index is 1.09. The van der Waals surface area contributed by atoms with Gasteiger partial charge in [0.05, 0.1) is 17.7 Å². The van der Waals surface area contributed by atoms with E-state index in [1.54, 1.807) is 17.4 Å². The number of likely N-dealkylation sites (tertiary alicyclic amines) is 1. The van der Waals surface area contributed by atoms with Crippen LogP contribution in [0.1, 0.15) is 38.2 Å². The molecule has 224 valence electrons. The van der Waals surface area contributed by atoms with E-state index in [-0.39, 0.29) is 12.1 Å². The van der Waals surface area contributed by atoms with Crippen LogP contribution in [0.5, 0.6) is 5.75 Å². The van der Waals surface area contributed by atoms with E-state index in [1.165, 1.54) is 5.56 Å². The summed E-state index contributed by atoms with van der Waals surface area (Å²) in [4.78, 5) is 22.9. The van der Waals surface area contributed by atoms with Gasteiger partial charge in [0.25, 0.3) is 6.01 Å². The highest BCUT2D eigenvalue weighted by Crippen LogP contribution is 2.37. The van der Waals surface area contributed by atoms with Crippen LogP contribution < -0.4 is 20.5 Å². The summed E-state index contributed by atoms with van der Waals surface area (Å²) in [6.45, 7) is 6.15. The second-order valence-corrected chi connectivity index (χ2v) is 11.7. The number of aromatic nitrogens is 4. The van der Waals surface area contributed by atoms with Gasteiger partial charge in [-0.05, 0) is 93.6 Å². The van der Waals surface area contributed by atoms with Gasteiger partial charge < -0.3 is 18.5 Å². The lowest BCUT2D eigenvalue weighted by molar-refractivity contribution is 0.146. The van der Waals surface area contributed by atoms with Gasteiger partial charge in [0.2, 0.25) is 11.3 Å². The molecular formula is C31H35ClN8O3. The number of pyridine rings is 2. The maximum Gasteiger partial charge on any atom is 0.314 e. The number of hydrogen-bond donors (Lipinski definition) is 1. The Kier molecular flexibility index (Phi) is 7.77. The summed E-state index contributed by atoms with van der Waals surface area (Å²) < 4.78 is 17.9. The van der Waals surface area contributed by atoms with Crippen LogP contribution in [-0.4, -0.2) is 63.2 Å². The Hall–Kier alpha value is -3.93. The van der Waals surface area contributed by atoms with Crippen LogP contribution in [0.15, 0.2) is 63.7 Å². The molecular weight excluding hydrogens is 568 g/mol. The van der Waals surface area contributed by atoms with Crippen molar-refractivity contribution >= 4 is 46.1 Å². The fourth-order valence-corrected chi connectivity index (χ4v) is 6.66. The molecule has 2 atom stereocenters. The third-order valence-electron chi connectivity index (χ3n) is 8.66. The second-order valence-electron chi connectivity index (χ2n) is 11.3. The lowest BCUT2D eigenvalue weighted by Crippen LogP contribution is -2.56. The zero-order valence-electron chi connectivity index (χ0n) is 24.1. The average Bonchev–Trinajstić information content (AvgIpc) is 3.67. The van der Waals surface area contributed by atoms with E-state index in [2.05, 4.69) is 36.9 Å². The first-order chi connectivity index (χ1) is 21.1. The van der Waals surface area contributed by atoms with Crippen molar-refractivity contribution in [3.05, 3.63) is 65.4 Å². The molecule has 2 unspecified atom stereocenters. The van der Waals surface area contributed by atoms with E-state index >= 15 is 0 Å². The second kappa shape index (κ2) is 12.0. The number of piperidine rings is 2. The number of fused-ring (bicyclic) bond motifs is 2. The molecule has 12 heteroatoms. The molecule has 2 aliphatic heterocycles. The van der Waals surface area contributed by atoms with Gasteiger partial charge in [-0.2, -0.15) is 9.97 Å². The monoisotopic (exact) mass is 602 g/mol. The molecule has 5 aromatic rings. The molecule has 0 aliphatic carbocycles. The van der Waals surface area contributed by atoms with Crippen molar-refractivity contribution < 1.29 is 13.6 Å². The van der Waals surface area contributed by atoms with Crippen LogP contribution in [0, 0.1) is 5.92 Å². The van der Waals surface area contributed by atoms with Crippen molar-refractivity contribution in [1.29, 1.82) is 0 Å². The normalized spacial score (nSPS) is 20.2. The lowest BCUT2D eigenvalue weighted by atomic mass is 9.82. The molecule has 7 rings (SSSR count). The van der Waals surface area contributed by atoms with Crippen LogP contribution >= 0.6 is 11.6 Å². The third kappa shape index (κ3) is 5.72. The first-order valence-corrected chi connectivity index (χ1v) is 15.3. The number of nitrogens with zero attached hydrogens (tertiary/aromatic N) is 7. The molecule has 6 heterocycles. The predicted molar refractivity (Wildman–Crippen MR) is 165 cm³/mol. The van der Waals surface area contributed by atoms with Gasteiger partial charge >= 0.3 is 6.01 Å². The maximum absolute atomic E-state index is 6.68. The van der Waals surface area contributed by atoms with Crippen molar-refractivity contribution in [2.24, 2.45) is 11.8 Å². The van der Waals surface area contributed by atoms with E-state index in [0.29, 0.717) is 52.0 Å². The SMILES string of the molecule is CCOc1cc(CN2CCC(C3CC(N(N)c4nc5ncccc5o4)CCN3c3nc4ncccc4o3)CC2)ccc1Cl. The zero-order chi connectivity index (χ0) is 29.3. The van der Waals surface area contributed by atoms with Gasteiger partial charge in [0.15, 0.2) is 11.2 Å². The van der Waals surface area contributed by atoms with Gasteiger partial charge in [0, 0.05) is 31.5 Å². The molecule has 0 radical (unpaired) electrons. The van der Waals surface area contributed by atoms with Gasteiger partial charge in [-0.25, -0.2) is 15.8 Å². The van der Waals surface area contributed by atoms with Crippen LogP contribution in [-0.2, 0) is 6.54 Å². The van der Waals surface area contributed by atoms with Crippen LogP contribution in [0.2, 0.25) is 5.02 Å². The van der Waals surface area contributed by atoms with Gasteiger partial charge in [-0.3, -0.25) is 9.91 Å². The van der Waals surface area contributed by atoms with Crippen LogP contribution in [0.4, 0.5) is 12.0 Å². The highest BCUT2D eigenvalue weighted by molar-refractivity contribution is 6.32. The van der Waals surface area contributed by atoms with E-state index in [4.69, 9.17) is 36.0 Å². The summed E-state index contributed by atoms with van der Waals surface area (Å²) in [5, 5.41) is 2.33. The Labute approximate surface area is 254 Å². The van der Waals surface area contributed by atoms with Crippen molar-refractivity contribution in [2.45, 2.75) is 51.2 Å². The first kappa shape index (κ1) is 27.9. The van der Waals surface area contributed by atoms with Crippen molar-refractivity contribution in [2.75, 3.05) is 36.1 Å². The minimum absolute atomic E-state index is 0.0425. The summed E-state index contributed by atoms with van der Waals surface area (Å²) in [5.41, 5.74) is 3.71. The fraction of sp³-hybridized carbons (Fsp3) is 0.419. The lowest BCUT2D eigenvalue weighted by Gasteiger charge is -2.46. The highest BCUT2D eigenvalue weighted by atomic mass is 35.5. The molecule has 2 fully saturated rings. The Morgan fingerprint density at radius 1 is 0.977 bits per heavy atom. The molecule has 43 heavy (non-hydrogen) atoms. The molecule has 4 aromatic heterocycles. The maximum atomic E-state index is 6.68. The Morgan fingerprint density at radius 2 is 1.72 bits per heavy atom. The number of hydrogen-bond acceptors (Lipinski definition) is 11. The number of anilines is 2. The van der Waals surface area contributed by atoms with E-state index in [1.807, 2.05) is 37.3 Å². The summed E-state index contributed by atoms with van der Waals surface area (Å²) >= 11 is 6.32. The van der Waals surface area contributed by atoms with Crippen molar-refractivity contribution in [3.63, 3.8) is 0 Å². The molecule has 2 N–H and O–H groups in total. The molecule has 0 spiro atoms. The summed E-state index contributed by atoms with van der Waals surface area (Å²) in [7, 11) is 0. The molecule has 0 saturated carbocycles. The number of benzene rings is 1. The average molecular weight is 603 g/mol. The number of oxazole rings is 2. The standard InChI is InChI=1S/C31H35ClN8O3/c1-2-41-27-17-20(7-8-23(27)32)19-38-14-9-21(10-15-38)24-18-22(40(33)31-37-29-26(43-31)6-4-13-35-29)11-16-39(24)30-36-28-25(42-30)5-3-12-34-28/h3-8,12-13,17,21-22,24H,2,9-11,14-16,18-19,33H2,1H3. The number of halogens is 1. The van der Waals surface area contributed by atoms with E-state index in [9.17, 15) is 0 Å². The van der Waals surface area contributed by atoms with Gasteiger partial charge in [0.1, 0.15) is 5.75 Å². The van der Waals surface area contributed by atoms with Gasteiger partial charge in [-0.1, -0.05) is 17.7 Å². The molecule has 2 aliphatic rings. The zero-order valence-corrected chi connectivity index (χ0v) is 24.9. The predicted octanol–water partition coefficient (Wildman–Crippen LogP) is 5.44. The minimum atomic E-state index is 0.0425. The van der Waals surface area contributed by atoms with Gasteiger partial charge in [-0.15, -0.1) is 0 Å². The van der Waals surface area contributed by atoms with E-state index in [0.717, 1.165) is 57.6 Å². The number of ether oxygens (including phenoxy) is 1. The molecule has 2 saturated heterocycles. The molecule has 0 bridgehead atoms. The third-order valence-corrected chi connectivity index (χ3v) is 8.97. The van der Waals surface area contributed by atoms with Crippen LogP contribution in [0.25, 0.3) is 22.5 Å². The molecule has 0 amide bonds. The molecule has 1 aromatic carbocycles. The number of rotatable bonds is 8.